The van der Waals surface area contributed by atoms with Crippen LogP contribution < -0.4 is 10.6 Å². The Morgan fingerprint density at radius 2 is 1.97 bits per heavy atom. The lowest BCUT2D eigenvalue weighted by atomic mass is 10.1. The quantitative estimate of drug-likeness (QED) is 0.352. The number of sulfone groups is 1. The number of hydrogen-bond donors (Lipinski definition) is 3. The molecule has 2 aromatic carbocycles. The lowest BCUT2D eigenvalue weighted by molar-refractivity contribution is 0.276. The molecule has 33 heavy (non-hydrogen) atoms. The molecule has 10 nitrogen and oxygen atoms in total. The smallest absolute Gasteiger partial charge is 0.252 e. The Hall–Kier alpha value is -3.90. The first-order valence-corrected chi connectivity index (χ1v) is 11.6. The second kappa shape index (κ2) is 9.30. The predicted molar refractivity (Wildman–Crippen MR) is 118 cm³/mol. The molecule has 0 aliphatic rings. The Morgan fingerprint density at radius 1 is 1.18 bits per heavy atom. The normalized spacial score (nSPS) is 12.3. The van der Waals surface area contributed by atoms with E-state index in [1.165, 1.54) is 12.3 Å². The van der Waals surface area contributed by atoms with E-state index < -0.39 is 26.6 Å². The number of nitrogens with one attached hydrogen (secondary N) is 2. The minimum absolute atomic E-state index is 0.0945. The molecule has 4 aromatic rings. The van der Waals surface area contributed by atoms with Crippen LogP contribution in [0.25, 0.3) is 11.5 Å². The van der Waals surface area contributed by atoms with Crippen molar-refractivity contribution in [3.05, 3.63) is 72.5 Å². The minimum Gasteiger partial charge on any atom is -0.423 e. The zero-order valence-corrected chi connectivity index (χ0v) is 18.1. The van der Waals surface area contributed by atoms with Gasteiger partial charge in [-0.3, -0.25) is 0 Å². The Bertz CT molecular complexity index is 1350. The third-order valence-electron chi connectivity index (χ3n) is 4.66. The summed E-state index contributed by atoms with van der Waals surface area (Å²) in [6, 6.07) is 12.4. The second-order valence-corrected chi connectivity index (χ2v) is 9.02. The van der Waals surface area contributed by atoms with E-state index in [1.54, 1.807) is 0 Å². The van der Waals surface area contributed by atoms with Crippen molar-refractivity contribution in [3.8, 4) is 11.5 Å². The van der Waals surface area contributed by atoms with E-state index in [-0.39, 0.29) is 30.0 Å². The molecule has 0 bridgehead atoms. The van der Waals surface area contributed by atoms with E-state index in [4.69, 9.17) is 4.42 Å². The molecule has 2 heterocycles. The summed E-state index contributed by atoms with van der Waals surface area (Å²) in [6.45, 7) is -0.224. The predicted octanol–water partition coefficient (Wildman–Crippen LogP) is 2.96. The van der Waals surface area contributed by atoms with Gasteiger partial charge in [-0.2, -0.15) is 4.98 Å². The Balaban J connectivity index is 1.67. The maximum atomic E-state index is 14.3. The van der Waals surface area contributed by atoms with E-state index in [0.29, 0.717) is 5.56 Å². The molecule has 0 unspecified atom stereocenters. The van der Waals surface area contributed by atoms with Crippen LogP contribution in [0, 0.1) is 5.82 Å². The van der Waals surface area contributed by atoms with Gasteiger partial charge >= 0.3 is 0 Å². The number of aliphatic hydroxyl groups is 1. The fraction of sp³-hybridized carbons (Fsp3) is 0.143. The van der Waals surface area contributed by atoms with Gasteiger partial charge in [0.2, 0.25) is 12.3 Å². The summed E-state index contributed by atoms with van der Waals surface area (Å²) in [5, 5.41) is 23.5. The van der Waals surface area contributed by atoms with E-state index in [9.17, 15) is 17.9 Å². The standard InChI is InChI=1S/C21H19FN6O4S/c1-33(30,31)18-8-7-14(9-16(18)22)25-21-23-10-15(20-28-24-12-32-20)19(27-21)26-17(11-29)13-5-3-2-4-6-13/h2-10,12,17,29H,11H2,1H3,(H2,23,25,26,27)/t17-/m1/s1. The van der Waals surface area contributed by atoms with E-state index >= 15 is 0 Å². The molecule has 170 valence electrons. The van der Waals surface area contributed by atoms with Crippen molar-refractivity contribution in [2.45, 2.75) is 10.9 Å². The molecule has 1 atom stereocenters. The van der Waals surface area contributed by atoms with Crippen molar-refractivity contribution in [2.75, 3.05) is 23.5 Å². The molecule has 0 amide bonds. The number of rotatable bonds is 8. The van der Waals surface area contributed by atoms with Crippen LogP contribution >= 0.6 is 0 Å². The summed E-state index contributed by atoms with van der Waals surface area (Å²) in [7, 11) is -3.69. The van der Waals surface area contributed by atoms with Gasteiger partial charge < -0.3 is 20.2 Å². The summed E-state index contributed by atoms with van der Waals surface area (Å²) < 4.78 is 42.8. The van der Waals surface area contributed by atoms with Crippen molar-refractivity contribution in [1.29, 1.82) is 0 Å². The molecular formula is C21H19FN6O4S. The number of nitrogens with zero attached hydrogens (tertiary/aromatic N) is 4. The van der Waals surface area contributed by atoms with Crippen LogP contribution in [0.4, 0.5) is 21.8 Å². The Morgan fingerprint density at radius 3 is 2.61 bits per heavy atom. The molecule has 4 rings (SSSR count). The number of benzene rings is 2. The summed E-state index contributed by atoms with van der Waals surface area (Å²) in [6.07, 6.45) is 3.53. The minimum atomic E-state index is -3.69. The average molecular weight is 470 g/mol. The maximum Gasteiger partial charge on any atom is 0.252 e. The van der Waals surface area contributed by atoms with Crippen molar-refractivity contribution >= 4 is 27.3 Å². The highest BCUT2D eigenvalue weighted by molar-refractivity contribution is 7.90. The van der Waals surface area contributed by atoms with Gasteiger partial charge in [0.25, 0.3) is 5.89 Å². The van der Waals surface area contributed by atoms with Crippen molar-refractivity contribution in [3.63, 3.8) is 0 Å². The summed E-state index contributed by atoms with van der Waals surface area (Å²) in [5.41, 5.74) is 1.47. The Labute approximate surface area is 188 Å². The largest absolute Gasteiger partial charge is 0.423 e. The lowest BCUT2D eigenvalue weighted by Crippen LogP contribution is -2.17. The first-order chi connectivity index (χ1) is 15.8. The monoisotopic (exact) mass is 470 g/mol. The molecule has 0 saturated heterocycles. The lowest BCUT2D eigenvalue weighted by Gasteiger charge is -2.19. The van der Waals surface area contributed by atoms with Crippen LogP contribution in [0.5, 0.6) is 0 Å². The molecule has 3 N–H and O–H groups in total. The van der Waals surface area contributed by atoms with Gasteiger partial charge in [0.05, 0.1) is 18.2 Å². The van der Waals surface area contributed by atoms with Gasteiger partial charge in [-0.25, -0.2) is 17.8 Å². The molecule has 2 aromatic heterocycles. The number of aliphatic hydroxyl groups excluding tert-OH is 1. The summed E-state index contributed by atoms with van der Waals surface area (Å²) in [4.78, 5) is 8.22. The number of halogens is 1. The molecule has 0 radical (unpaired) electrons. The molecular weight excluding hydrogens is 451 g/mol. The van der Waals surface area contributed by atoms with Crippen LogP contribution in [0.1, 0.15) is 11.6 Å². The van der Waals surface area contributed by atoms with E-state index in [0.717, 1.165) is 30.3 Å². The Kier molecular flexibility index (Phi) is 6.29. The van der Waals surface area contributed by atoms with Gasteiger partial charge in [-0.05, 0) is 23.8 Å². The third kappa shape index (κ3) is 5.13. The molecule has 0 spiro atoms. The summed E-state index contributed by atoms with van der Waals surface area (Å²) in [5.74, 6) is -0.352. The highest BCUT2D eigenvalue weighted by Crippen LogP contribution is 2.29. The number of anilines is 3. The number of aromatic nitrogens is 4. The second-order valence-electron chi connectivity index (χ2n) is 7.03. The maximum absolute atomic E-state index is 14.3. The molecule has 12 heteroatoms. The van der Waals surface area contributed by atoms with E-state index in [1.807, 2.05) is 30.3 Å². The zero-order valence-electron chi connectivity index (χ0n) is 17.3. The SMILES string of the molecule is CS(=O)(=O)c1ccc(Nc2ncc(-c3nnco3)c(N[C@H](CO)c3ccccc3)n2)cc1F. The van der Waals surface area contributed by atoms with E-state index in [2.05, 4.69) is 30.8 Å². The van der Waals surface area contributed by atoms with Gasteiger partial charge in [-0.15, -0.1) is 10.2 Å². The average Bonchev–Trinajstić information content (AvgIpc) is 3.32. The van der Waals surface area contributed by atoms with Gasteiger partial charge in [-0.1, -0.05) is 30.3 Å². The van der Waals surface area contributed by atoms with Crippen LogP contribution in [-0.2, 0) is 9.84 Å². The fourth-order valence-electron chi connectivity index (χ4n) is 3.09. The highest BCUT2D eigenvalue weighted by atomic mass is 32.2. The van der Waals surface area contributed by atoms with Crippen molar-refractivity contribution < 1.29 is 22.3 Å². The van der Waals surface area contributed by atoms with Crippen LogP contribution in [0.3, 0.4) is 0 Å². The van der Waals surface area contributed by atoms with Crippen molar-refractivity contribution in [2.24, 2.45) is 0 Å². The van der Waals surface area contributed by atoms with Gasteiger partial charge in [0, 0.05) is 18.1 Å². The van der Waals surface area contributed by atoms with Crippen LogP contribution in [0.15, 0.2) is 70.4 Å². The highest BCUT2D eigenvalue weighted by Gasteiger charge is 2.19. The first kappa shape index (κ1) is 22.3. The van der Waals surface area contributed by atoms with Crippen molar-refractivity contribution in [1.82, 2.24) is 20.2 Å². The first-order valence-electron chi connectivity index (χ1n) is 9.67. The fourth-order valence-corrected chi connectivity index (χ4v) is 3.82. The van der Waals surface area contributed by atoms with Crippen LogP contribution in [0.2, 0.25) is 0 Å². The molecule has 0 fully saturated rings. The summed E-state index contributed by atoms with van der Waals surface area (Å²) >= 11 is 0. The number of hydrogen-bond acceptors (Lipinski definition) is 10. The van der Waals surface area contributed by atoms with Gasteiger partial charge in [0.15, 0.2) is 9.84 Å². The topological polar surface area (TPSA) is 143 Å². The van der Waals surface area contributed by atoms with Gasteiger partial charge in [0.1, 0.15) is 16.5 Å². The third-order valence-corrected chi connectivity index (χ3v) is 5.79. The van der Waals surface area contributed by atoms with Crippen LogP contribution in [-0.4, -0.2) is 46.6 Å². The molecule has 0 aliphatic heterocycles. The molecule has 0 aliphatic carbocycles. The zero-order chi connectivity index (χ0) is 23.4. The molecule has 0 saturated carbocycles.